The van der Waals surface area contributed by atoms with E-state index in [1.807, 2.05) is 0 Å². The minimum atomic E-state index is -2.78. The van der Waals surface area contributed by atoms with Crippen molar-refractivity contribution in [1.29, 1.82) is 0 Å². The first-order valence-electron chi connectivity index (χ1n) is 15.1. The zero-order valence-corrected chi connectivity index (χ0v) is 29.0. The van der Waals surface area contributed by atoms with Gasteiger partial charge in [-0.25, -0.2) is 31.8 Å². The van der Waals surface area contributed by atoms with Crippen molar-refractivity contribution in [2.75, 3.05) is 16.9 Å². The zero-order chi connectivity index (χ0) is 37.2. The molecule has 3 fully saturated rings. The highest BCUT2D eigenvalue weighted by Gasteiger charge is 2.77. The third-order valence-electron chi connectivity index (χ3n) is 10.2. The average molecular weight is 790 g/mol. The summed E-state index contributed by atoms with van der Waals surface area (Å²) >= 11 is 26.9. The van der Waals surface area contributed by atoms with Gasteiger partial charge in [0, 0.05) is 10.9 Å². The summed E-state index contributed by atoms with van der Waals surface area (Å²) in [6, 6.07) is 6.91. The molecule has 17 heteroatoms. The Hall–Kier alpha value is -3.91. The van der Waals surface area contributed by atoms with Gasteiger partial charge in [-0.2, -0.15) is 0 Å². The summed E-state index contributed by atoms with van der Waals surface area (Å²) in [4.78, 5) is 52.0. The van der Waals surface area contributed by atoms with Gasteiger partial charge in [-0.05, 0) is 61.1 Å². The number of benzene rings is 3. The lowest BCUT2D eigenvalue weighted by Crippen LogP contribution is -2.60. The number of alkyl halides is 2. The second-order valence-electron chi connectivity index (χ2n) is 12.7. The van der Waals surface area contributed by atoms with Gasteiger partial charge in [0.15, 0.2) is 44.5 Å². The van der Waals surface area contributed by atoms with Crippen LogP contribution in [0.2, 0.25) is 10.0 Å². The molecule has 3 aromatic rings. The molecular formula is C34H21Cl4F5N2O6. The molecule has 0 bridgehead atoms. The van der Waals surface area contributed by atoms with Crippen LogP contribution in [0.3, 0.4) is 0 Å². The molecule has 3 aromatic carbocycles. The maximum atomic E-state index is 15.2. The van der Waals surface area contributed by atoms with Crippen LogP contribution >= 0.6 is 46.4 Å². The molecule has 4 amide bonds. The highest BCUT2D eigenvalue weighted by Crippen LogP contribution is 2.66. The number of aromatic hydroxyl groups is 1. The van der Waals surface area contributed by atoms with E-state index in [2.05, 4.69) is 0 Å². The molecule has 2 heterocycles. The predicted molar refractivity (Wildman–Crippen MR) is 175 cm³/mol. The molecule has 266 valence electrons. The Morgan fingerprint density at radius 1 is 0.824 bits per heavy atom. The zero-order valence-electron chi connectivity index (χ0n) is 26.0. The number of amides is 4. The van der Waals surface area contributed by atoms with Crippen molar-refractivity contribution in [3.05, 3.63) is 92.2 Å². The summed E-state index contributed by atoms with van der Waals surface area (Å²) in [7, 11) is 1.18. The summed E-state index contributed by atoms with van der Waals surface area (Å²) < 4.78 is 78.7. The van der Waals surface area contributed by atoms with Gasteiger partial charge in [0.25, 0.3) is 11.8 Å². The number of ether oxygens (including phenoxy) is 1. The number of aryl methyl sites for hydroxylation is 1. The fourth-order valence-electron chi connectivity index (χ4n) is 7.83. The van der Waals surface area contributed by atoms with E-state index in [0.717, 1.165) is 11.0 Å². The first kappa shape index (κ1) is 35.5. The van der Waals surface area contributed by atoms with E-state index in [4.69, 9.17) is 51.1 Å². The number of carbonyl (C=O) groups is 4. The Balaban J connectivity index is 1.45. The Kier molecular flexibility index (Phi) is 8.22. The first-order chi connectivity index (χ1) is 23.9. The number of imide groups is 2. The Morgan fingerprint density at radius 2 is 1.45 bits per heavy atom. The highest BCUT2D eigenvalue weighted by atomic mass is 35.5. The molecule has 1 N–H and O–H groups in total. The van der Waals surface area contributed by atoms with Crippen LogP contribution in [-0.4, -0.2) is 45.6 Å². The van der Waals surface area contributed by atoms with Crippen LogP contribution in [0.5, 0.6) is 11.5 Å². The number of rotatable bonds is 4. The van der Waals surface area contributed by atoms with Gasteiger partial charge in [-0.3, -0.25) is 19.2 Å². The van der Waals surface area contributed by atoms with Crippen molar-refractivity contribution in [3.63, 3.8) is 0 Å². The van der Waals surface area contributed by atoms with E-state index in [1.54, 1.807) is 13.0 Å². The van der Waals surface area contributed by atoms with Gasteiger partial charge in [0.05, 0.1) is 29.7 Å². The van der Waals surface area contributed by atoms with Crippen molar-refractivity contribution >= 4 is 81.4 Å². The predicted octanol–water partition coefficient (Wildman–Crippen LogP) is 7.48. The maximum Gasteiger partial charge on any atom is 0.258 e. The molecule has 4 aliphatic rings. The average Bonchev–Trinajstić information content (AvgIpc) is 3.43. The summed E-state index contributed by atoms with van der Waals surface area (Å²) in [5.74, 6) is -22.8. The van der Waals surface area contributed by atoms with E-state index in [1.165, 1.54) is 31.4 Å². The number of anilines is 2. The topological polar surface area (TPSA) is 104 Å². The van der Waals surface area contributed by atoms with Crippen LogP contribution in [-0.2, 0) is 19.2 Å². The summed E-state index contributed by atoms with van der Waals surface area (Å²) in [5.41, 5.74) is -0.916. The van der Waals surface area contributed by atoms with Crippen molar-refractivity contribution in [1.82, 2.24) is 0 Å². The molecule has 2 aliphatic carbocycles. The van der Waals surface area contributed by atoms with Gasteiger partial charge < -0.3 is 9.84 Å². The molecule has 0 aromatic heterocycles. The molecule has 2 aliphatic heterocycles. The van der Waals surface area contributed by atoms with Crippen molar-refractivity contribution < 1.29 is 51.0 Å². The number of hydrogen-bond donors (Lipinski definition) is 1. The molecule has 6 atom stereocenters. The summed E-state index contributed by atoms with van der Waals surface area (Å²) in [6.07, 6.45) is 0.755. The smallest absolute Gasteiger partial charge is 0.258 e. The van der Waals surface area contributed by atoms with Crippen LogP contribution in [0.1, 0.15) is 29.9 Å². The second kappa shape index (κ2) is 11.8. The molecule has 0 radical (unpaired) electrons. The van der Waals surface area contributed by atoms with Crippen molar-refractivity contribution in [2.24, 2.45) is 17.8 Å². The number of carbonyl (C=O) groups excluding carboxylic acids is 4. The van der Waals surface area contributed by atoms with Gasteiger partial charge in [-0.15, -0.1) is 23.2 Å². The molecule has 6 unspecified atom stereocenters. The van der Waals surface area contributed by atoms with Crippen LogP contribution in [0.25, 0.3) is 0 Å². The van der Waals surface area contributed by atoms with E-state index in [0.29, 0.717) is 5.56 Å². The molecule has 51 heavy (non-hydrogen) atoms. The number of methoxy groups -OCH3 is 1. The number of halogens is 9. The molecule has 8 nitrogen and oxygen atoms in total. The van der Waals surface area contributed by atoms with Gasteiger partial charge in [0.2, 0.25) is 17.6 Å². The normalized spacial score (nSPS) is 28.6. The van der Waals surface area contributed by atoms with Gasteiger partial charge in [0.1, 0.15) is 5.69 Å². The van der Waals surface area contributed by atoms with Crippen molar-refractivity contribution in [3.8, 4) is 11.5 Å². The van der Waals surface area contributed by atoms with Crippen molar-refractivity contribution in [2.45, 2.75) is 35.4 Å². The van der Waals surface area contributed by atoms with Gasteiger partial charge in [-0.1, -0.05) is 40.9 Å². The van der Waals surface area contributed by atoms with Crippen LogP contribution < -0.4 is 14.5 Å². The number of fused-ring (bicyclic) bond motifs is 4. The number of phenolic OH excluding ortho intramolecular Hbond substituents is 1. The minimum absolute atomic E-state index is 0.0385. The number of allylic oxidation sites excluding steroid dienone is 2. The molecule has 0 spiro atoms. The number of hydrogen-bond acceptors (Lipinski definition) is 6. The number of phenols is 1. The minimum Gasteiger partial charge on any atom is -0.503 e. The van der Waals surface area contributed by atoms with E-state index in [9.17, 15) is 37.5 Å². The molecular weight excluding hydrogens is 769 g/mol. The summed E-state index contributed by atoms with van der Waals surface area (Å²) in [6.45, 7) is 1.72. The van der Waals surface area contributed by atoms with Crippen LogP contribution in [0, 0.1) is 53.8 Å². The maximum absolute atomic E-state index is 15.2. The Morgan fingerprint density at radius 3 is 2.06 bits per heavy atom. The van der Waals surface area contributed by atoms with E-state index < -0.39 is 104 Å². The SMILES string of the molecule is COc1cc(C2C3=CCC4C(=O)N(c5ccc(C)c(Cl)c5)C(=O)C4C3CC3(Cl)C(=O)N(c4c(F)c(F)c(F)c(F)c4F)C(=O)C23Cl)cc(Cl)c1O. The second-order valence-corrected chi connectivity index (χ2v) is 14.7. The molecule has 1 saturated carbocycles. The Bertz CT molecular complexity index is 2160. The molecule has 2 saturated heterocycles. The molecule has 7 rings (SSSR count). The largest absolute Gasteiger partial charge is 0.503 e. The third kappa shape index (κ3) is 4.57. The fourth-order valence-corrected chi connectivity index (χ4v) is 9.16. The fraction of sp³-hybridized carbons (Fsp3) is 0.294. The van der Waals surface area contributed by atoms with E-state index >= 15 is 8.78 Å². The first-order valence-corrected chi connectivity index (χ1v) is 16.6. The van der Waals surface area contributed by atoms with Crippen LogP contribution in [0.15, 0.2) is 42.0 Å². The van der Waals surface area contributed by atoms with E-state index in [-0.39, 0.29) is 43.9 Å². The van der Waals surface area contributed by atoms with Gasteiger partial charge >= 0.3 is 0 Å². The highest BCUT2D eigenvalue weighted by molar-refractivity contribution is 6.58. The van der Waals surface area contributed by atoms with Crippen LogP contribution in [0.4, 0.5) is 33.3 Å². The lowest BCUT2D eigenvalue weighted by atomic mass is 9.56. The summed E-state index contributed by atoms with van der Waals surface area (Å²) in [5, 5.41) is 10.4. The monoisotopic (exact) mass is 788 g/mol. The third-order valence-corrected chi connectivity index (χ3v) is 12.3. The number of nitrogens with zero attached hydrogens (tertiary/aromatic N) is 2. The quantitative estimate of drug-likeness (QED) is 0.0735. The standard InChI is InChI=1S/C34H21Cl4F5N2O6/c1-11-3-4-13(9-17(11)35)44-29(47)15-6-5-14-16(20(15)30(44)48)10-33(37)31(49)45(27-25(42)23(40)22(39)24(41)26(27)43)32(50)34(33,38)21(14)12-7-18(36)28(46)19(8-12)51-2/h3-5,7-9,15-16,20-21,46H,6,10H2,1-2H3. The lowest BCUT2D eigenvalue weighted by Gasteiger charge is -2.50. The Labute approximate surface area is 305 Å². The lowest BCUT2D eigenvalue weighted by molar-refractivity contribution is -0.125.